The minimum absolute atomic E-state index is 0.175. The molecule has 4 heteroatoms. The van der Waals surface area contributed by atoms with Crippen molar-refractivity contribution in [3.05, 3.63) is 34.9 Å². The number of carbonyl (C=O) groups is 1. The first kappa shape index (κ1) is 16.0. The Hall–Kier alpha value is -1.39. The monoisotopic (exact) mass is 290 g/mol. The van der Waals surface area contributed by atoms with Crippen molar-refractivity contribution in [2.45, 2.75) is 32.7 Å². The maximum atomic E-state index is 12.5. The summed E-state index contributed by atoms with van der Waals surface area (Å²) in [6.07, 6.45) is 1.20. The summed E-state index contributed by atoms with van der Waals surface area (Å²) in [5.41, 5.74) is 3.49. The van der Waals surface area contributed by atoms with Crippen LogP contribution in [0.1, 0.15) is 23.1 Å². The van der Waals surface area contributed by atoms with Gasteiger partial charge in [-0.3, -0.25) is 9.69 Å². The summed E-state index contributed by atoms with van der Waals surface area (Å²) in [7, 11) is 2.06. The quantitative estimate of drug-likeness (QED) is 0.911. The predicted octanol–water partition coefficient (Wildman–Crippen LogP) is 1.37. The second-order valence-electron chi connectivity index (χ2n) is 6.09. The fourth-order valence-corrected chi connectivity index (χ4v) is 2.90. The number of nitrogens with zero attached hydrogens (tertiary/aromatic N) is 2. The SMILES string of the molecule is Cc1ccc(C)c(CC(=O)N2CCN(C)C(CCO)C2)c1. The van der Waals surface area contributed by atoms with Crippen LogP contribution in [0.2, 0.25) is 0 Å². The Morgan fingerprint density at radius 1 is 1.33 bits per heavy atom. The molecule has 1 unspecified atom stereocenters. The van der Waals surface area contributed by atoms with Crippen molar-refractivity contribution < 1.29 is 9.90 Å². The van der Waals surface area contributed by atoms with Crippen LogP contribution in [0.25, 0.3) is 0 Å². The molecule has 0 aliphatic carbocycles. The minimum atomic E-state index is 0.175. The van der Waals surface area contributed by atoms with E-state index in [2.05, 4.69) is 44.0 Å². The molecule has 0 spiro atoms. The average Bonchev–Trinajstić information content (AvgIpc) is 2.45. The number of piperazine rings is 1. The van der Waals surface area contributed by atoms with Crippen LogP contribution < -0.4 is 0 Å². The highest BCUT2D eigenvalue weighted by Crippen LogP contribution is 2.15. The molecule has 1 aliphatic heterocycles. The lowest BCUT2D eigenvalue weighted by molar-refractivity contribution is -0.133. The van der Waals surface area contributed by atoms with Gasteiger partial charge in [0.1, 0.15) is 0 Å². The smallest absolute Gasteiger partial charge is 0.227 e. The molecule has 21 heavy (non-hydrogen) atoms. The van der Waals surface area contributed by atoms with Crippen molar-refractivity contribution in [1.29, 1.82) is 0 Å². The molecule has 1 amide bonds. The summed E-state index contributed by atoms with van der Waals surface area (Å²) in [6, 6.07) is 6.54. The highest BCUT2D eigenvalue weighted by Gasteiger charge is 2.26. The van der Waals surface area contributed by atoms with E-state index in [0.29, 0.717) is 6.42 Å². The number of rotatable bonds is 4. The number of aliphatic hydroxyl groups excluding tert-OH is 1. The van der Waals surface area contributed by atoms with Crippen molar-refractivity contribution in [3.8, 4) is 0 Å². The highest BCUT2D eigenvalue weighted by molar-refractivity contribution is 5.79. The number of hydrogen-bond donors (Lipinski definition) is 1. The van der Waals surface area contributed by atoms with Crippen LogP contribution in [0.5, 0.6) is 0 Å². The molecule has 0 bridgehead atoms. The molecule has 4 nitrogen and oxygen atoms in total. The zero-order valence-electron chi connectivity index (χ0n) is 13.3. The predicted molar refractivity (Wildman–Crippen MR) is 84.3 cm³/mol. The Morgan fingerprint density at radius 3 is 2.81 bits per heavy atom. The Balaban J connectivity index is 2.01. The Labute approximate surface area is 127 Å². The summed E-state index contributed by atoms with van der Waals surface area (Å²) < 4.78 is 0. The lowest BCUT2D eigenvalue weighted by Crippen LogP contribution is -2.53. The number of carbonyl (C=O) groups excluding carboxylic acids is 1. The molecule has 1 heterocycles. The molecule has 1 saturated heterocycles. The van der Waals surface area contributed by atoms with Crippen LogP contribution in [-0.4, -0.2) is 60.1 Å². The van der Waals surface area contributed by atoms with Gasteiger partial charge in [0, 0.05) is 32.3 Å². The standard InChI is InChI=1S/C17H26N2O2/c1-13-4-5-14(2)15(10-13)11-17(21)19-8-7-18(3)16(12-19)6-9-20/h4-5,10,16,20H,6-9,11-12H2,1-3H3. The van der Waals surface area contributed by atoms with E-state index in [-0.39, 0.29) is 18.6 Å². The van der Waals surface area contributed by atoms with Crippen LogP contribution in [0.15, 0.2) is 18.2 Å². The maximum absolute atomic E-state index is 12.5. The van der Waals surface area contributed by atoms with E-state index >= 15 is 0 Å². The normalized spacial score (nSPS) is 19.8. The Morgan fingerprint density at radius 2 is 2.10 bits per heavy atom. The molecule has 0 radical (unpaired) electrons. The average molecular weight is 290 g/mol. The van der Waals surface area contributed by atoms with E-state index in [9.17, 15) is 4.79 Å². The molecule has 0 aromatic heterocycles. The van der Waals surface area contributed by atoms with E-state index in [1.807, 2.05) is 4.90 Å². The largest absolute Gasteiger partial charge is 0.396 e. The van der Waals surface area contributed by atoms with Crippen LogP contribution in [0.3, 0.4) is 0 Å². The van der Waals surface area contributed by atoms with Gasteiger partial charge in [0.25, 0.3) is 0 Å². The van der Waals surface area contributed by atoms with E-state index in [4.69, 9.17) is 5.11 Å². The number of aryl methyl sites for hydroxylation is 2. The first-order valence-corrected chi connectivity index (χ1v) is 7.66. The van der Waals surface area contributed by atoms with E-state index in [0.717, 1.165) is 31.6 Å². The number of aliphatic hydroxyl groups is 1. The topological polar surface area (TPSA) is 43.8 Å². The third-order valence-corrected chi connectivity index (χ3v) is 4.44. The van der Waals surface area contributed by atoms with Gasteiger partial charge in [-0.05, 0) is 38.4 Å². The molecule has 0 saturated carbocycles. The summed E-state index contributed by atoms with van der Waals surface area (Å²) in [5, 5.41) is 9.13. The van der Waals surface area contributed by atoms with Crippen molar-refractivity contribution in [2.75, 3.05) is 33.3 Å². The van der Waals surface area contributed by atoms with Crippen LogP contribution in [-0.2, 0) is 11.2 Å². The van der Waals surface area contributed by atoms with Crippen molar-refractivity contribution in [1.82, 2.24) is 9.80 Å². The van der Waals surface area contributed by atoms with Crippen LogP contribution in [0.4, 0.5) is 0 Å². The van der Waals surface area contributed by atoms with Gasteiger partial charge >= 0.3 is 0 Å². The number of likely N-dealkylation sites (N-methyl/N-ethyl adjacent to an activating group) is 1. The Bertz CT molecular complexity index is 502. The third kappa shape index (κ3) is 4.05. The van der Waals surface area contributed by atoms with Gasteiger partial charge in [0.15, 0.2) is 0 Å². The molecule has 116 valence electrons. The van der Waals surface area contributed by atoms with E-state index in [1.165, 1.54) is 11.1 Å². The molecule has 1 fully saturated rings. The van der Waals surface area contributed by atoms with Gasteiger partial charge in [-0.2, -0.15) is 0 Å². The molecule has 1 aliphatic rings. The van der Waals surface area contributed by atoms with E-state index in [1.54, 1.807) is 0 Å². The summed E-state index contributed by atoms with van der Waals surface area (Å²) in [6.45, 7) is 6.67. The van der Waals surface area contributed by atoms with E-state index < -0.39 is 0 Å². The second kappa shape index (κ2) is 7.05. The lowest BCUT2D eigenvalue weighted by atomic mass is 10.0. The van der Waals surface area contributed by atoms with Gasteiger partial charge in [0.05, 0.1) is 6.42 Å². The second-order valence-corrected chi connectivity index (χ2v) is 6.09. The summed E-state index contributed by atoms with van der Waals surface area (Å²) >= 11 is 0. The number of benzene rings is 1. The Kier molecular flexibility index (Phi) is 5.37. The molecule has 1 N–H and O–H groups in total. The fraction of sp³-hybridized carbons (Fsp3) is 0.588. The first-order valence-electron chi connectivity index (χ1n) is 7.66. The van der Waals surface area contributed by atoms with Gasteiger partial charge < -0.3 is 10.0 Å². The molecule has 2 rings (SSSR count). The first-order chi connectivity index (χ1) is 10.0. The van der Waals surface area contributed by atoms with Gasteiger partial charge in [-0.25, -0.2) is 0 Å². The van der Waals surface area contributed by atoms with Crippen LogP contribution >= 0.6 is 0 Å². The molecular formula is C17H26N2O2. The molecule has 1 atom stereocenters. The molecule has 1 aromatic rings. The maximum Gasteiger partial charge on any atom is 0.227 e. The number of amides is 1. The molecule has 1 aromatic carbocycles. The number of hydrogen-bond acceptors (Lipinski definition) is 3. The van der Waals surface area contributed by atoms with Crippen molar-refractivity contribution in [2.24, 2.45) is 0 Å². The summed E-state index contributed by atoms with van der Waals surface area (Å²) in [4.78, 5) is 16.7. The van der Waals surface area contributed by atoms with Crippen molar-refractivity contribution >= 4 is 5.91 Å². The van der Waals surface area contributed by atoms with Gasteiger partial charge in [0.2, 0.25) is 5.91 Å². The highest BCUT2D eigenvalue weighted by atomic mass is 16.3. The summed E-state index contributed by atoms with van der Waals surface area (Å²) in [5.74, 6) is 0.194. The fourth-order valence-electron chi connectivity index (χ4n) is 2.90. The molecular weight excluding hydrogens is 264 g/mol. The zero-order chi connectivity index (χ0) is 15.4. The van der Waals surface area contributed by atoms with Crippen molar-refractivity contribution in [3.63, 3.8) is 0 Å². The third-order valence-electron chi connectivity index (χ3n) is 4.44. The van der Waals surface area contributed by atoms with Gasteiger partial charge in [-0.15, -0.1) is 0 Å². The lowest BCUT2D eigenvalue weighted by Gasteiger charge is -2.39. The van der Waals surface area contributed by atoms with Crippen LogP contribution in [0, 0.1) is 13.8 Å². The van der Waals surface area contributed by atoms with Gasteiger partial charge in [-0.1, -0.05) is 23.8 Å². The minimum Gasteiger partial charge on any atom is -0.396 e. The zero-order valence-corrected chi connectivity index (χ0v) is 13.3.